The molecule has 0 saturated heterocycles. The standard InChI is InChI=1S/C15H16BrN3O/c1-10(12-3-5-13(16)6-4-12)9-17-15(20)14-7-8-18-19-11(14)2/h3-8,10H,9H2,1-2H3,(H,17,20). The van der Waals surface area contributed by atoms with Crippen molar-refractivity contribution in [2.75, 3.05) is 6.54 Å². The van der Waals surface area contributed by atoms with Gasteiger partial charge in [0.25, 0.3) is 5.91 Å². The quantitative estimate of drug-likeness (QED) is 0.935. The fraction of sp³-hybridized carbons (Fsp3) is 0.267. The summed E-state index contributed by atoms with van der Waals surface area (Å²) >= 11 is 3.41. The minimum absolute atomic E-state index is 0.110. The van der Waals surface area contributed by atoms with E-state index in [2.05, 4.69) is 50.5 Å². The Kier molecular flexibility index (Phi) is 4.84. The first-order valence-corrected chi connectivity index (χ1v) is 7.19. The van der Waals surface area contributed by atoms with Crippen LogP contribution in [0.25, 0.3) is 0 Å². The summed E-state index contributed by atoms with van der Waals surface area (Å²) in [5, 5.41) is 10.6. The maximum absolute atomic E-state index is 12.1. The molecule has 1 atom stereocenters. The Morgan fingerprint density at radius 1 is 1.30 bits per heavy atom. The second kappa shape index (κ2) is 6.61. The van der Waals surface area contributed by atoms with Crippen LogP contribution in [0.4, 0.5) is 0 Å². The molecule has 1 unspecified atom stereocenters. The zero-order chi connectivity index (χ0) is 14.5. The highest BCUT2D eigenvalue weighted by Gasteiger charge is 2.12. The monoisotopic (exact) mass is 333 g/mol. The molecule has 0 aliphatic carbocycles. The van der Waals surface area contributed by atoms with Gasteiger partial charge in [-0.1, -0.05) is 35.0 Å². The molecule has 4 nitrogen and oxygen atoms in total. The molecule has 1 N–H and O–H groups in total. The van der Waals surface area contributed by atoms with Crippen molar-refractivity contribution in [3.05, 3.63) is 57.8 Å². The Labute approximate surface area is 126 Å². The van der Waals surface area contributed by atoms with E-state index in [4.69, 9.17) is 0 Å². The number of benzene rings is 1. The molecule has 2 rings (SSSR count). The summed E-state index contributed by atoms with van der Waals surface area (Å²) in [5.74, 6) is 0.142. The lowest BCUT2D eigenvalue weighted by Gasteiger charge is -2.13. The van der Waals surface area contributed by atoms with E-state index in [1.54, 1.807) is 13.0 Å². The minimum Gasteiger partial charge on any atom is -0.351 e. The van der Waals surface area contributed by atoms with Crippen molar-refractivity contribution in [3.63, 3.8) is 0 Å². The largest absolute Gasteiger partial charge is 0.351 e. The van der Waals surface area contributed by atoms with Gasteiger partial charge < -0.3 is 5.32 Å². The Morgan fingerprint density at radius 3 is 2.65 bits per heavy atom. The molecular formula is C15H16BrN3O. The van der Waals surface area contributed by atoms with Gasteiger partial charge in [0, 0.05) is 11.0 Å². The van der Waals surface area contributed by atoms with Crippen LogP contribution < -0.4 is 5.32 Å². The molecule has 0 aliphatic rings. The van der Waals surface area contributed by atoms with Gasteiger partial charge in [0.15, 0.2) is 0 Å². The molecular weight excluding hydrogens is 318 g/mol. The van der Waals surface area contributed by atoms with Gasteiger partial charge >= 0.3 is 0 Å². The van der Waals surface area contributed by atoms with E-state index in [0.717, 1.165) is 4.47 Å². The Balaban J connectivity index is 1.97. The maximum atomic E-state index is 12.1. The van der Waals surface area contributed by atoms with Gasteiger partial charge in [-0.25, -0.2) is 0 Å². The van der Waals surface area contributed by atoms with Gasteiger partial charge in [-0.3, -0.25) is 4.79 Å². The van der Waals surface area contributed by atoms with Gasteiger partial charge in [0.05, 0.1) is 17.5 Å². The number of hydrogen-bond donors (Lipinski definition) is 1. The molecule has 0 fully saturated rings. The van der Waals surface area contributed by atoms with Crippen molar-refractivity contribution in [3.8, 4) is 0 Å². The molecule has 2 aromatic rings. The molecule has 1 heterocycles. The molecule has 20 heavy (non-hydrogen) atoms. The van der Waals surface area contributed by atoms with Gasteiger partial charge in [-0.15, -0.1) is 0 Å². The molecule has 0 radical (unpaired) electrons. The van der Waals surface area contributed by atoms with Crippen LogP contribution in [0.5, 0.6) is 0 Å². The summed E-state index contributed by atoms with van der Waals surface area (Å²) in [6, 6.07) is 9.80. The smallest absolute Gasteiger partial charge is 0.253 e. The lowest BCUT2D eigenvalue weighted by molar-refractivity contribution is 0.0950. The third-order valence-corrected chi connectivity index (χ3v) is 3.69. The minimum atomic E-state index is -0.110. The summed E-state index contributed by atoms with van der Waals surface area (Å²) in [4.78, 5) is 12.1. The number of nitrogens with zero attached hydrogens (tertiary/aromatic N) is 2. The molecule has 1 aromatic heterocycles. The van der Waals surface area contributed by atoms with Crippen molar-refractivity contribution in [2.24, 2.45) is 0 Å². The van der Waals surface area contributed by atoms with Crippen LogP contribution in [-0.2, 0) is 0 Å². The van der Waals surface area contributed by atoms with E-state index in [1.165, 1.54) is 11.8 Å². The summed E-state index contributed by atoms with van der Waals surface area (Å²) in [6.45, 7) is 4.45. The number of rotatable bonds is 4. The molecule has 5 heteroatoms. The zero-order valence-electron chi connectivity index (χ0n) is 11.4. The summed E-state index contributed by atoms with van der Waals surface area (Å²) in [6.07, 6.45) is 1.53. The number of halogens is 1. The van der Waals surface area contributed by atoms with Gasteiger partial charge in [-0.05, 0) is 36.6 Å². The van der Waals surface area contributed by atoms with E-state index >= 15 is 0 Å². The normalized spacial score (nSPS) is 11.9. The predicted molar refractivity (Wildman–Crippen MR) is 81.7 cm³/mol. The van der Waals surface area contributed by atoms with E-state index < -0.39 is 0 Å². The van der Waals surface area contributed by atoms with Crippen LogP contribution in [0, 0.1) is 6.92 Å². The number of amides is 1. The summed E-state index contributed by atoms with van der Waals surface area (Å²) in [7, 11) is 0. The number of carbonyl (C=O) groups is 1. The fourth-order valence-electron chi connectivity index (χ4n) is 1.89. The first kappa shape index (κ1) is 14.7. The van der Waals surface area contributed by atoms with Crippen molar-refractivity contribution >= 4 is 21.8 Å². The number of carbonyl (C=O) groups excluding carboxylic acids is 1. The van der Waals surface area contributed by atoms with Crippen LogP contribution in [0.15, 0.2) is 41.0 Å². The highest BCUT2D eigenvalue weighted by atomic mass is 79.9. The molecule has 0 saturated carbocycles. The third kappa shape index (κ3) is 3.63. The Morgan fingerprint density at radius 2 is 2.00 bits per heavy atom. The van der Waals surface area contributed by atoms with Crippen molar-refractivity contribution in [2.45, 2.75) is 19.8 Å². The van der Waals surface area contributed by atoms with E-state index in [0.29, 0.717) is 17.8 Å². The maximum Gasteiger partial charge on any atom is 0.253 e. The van der Waals surface area contributed by atoms with Gasteiger partial charge in [-0.2, -0.15) is 10.2 Å². The Hall–Kier alpha value is -1.75. The van der Waals surface area contributed by atoms with E-state index in [9.17, 15) is 4.79 Å². The summed E-state index contributed by atoms with van der Waals surface area (Å²) < 4.78 is 1.05. The number of aryl methyl sites for hydroxylation is 1. The molecule has 0 bridgehead atoms. The number of hydrogen-bond acceptors (Lipinski definition) is 3. The first-order chi connectivity index (χ1) is 9.58. The van der Waals surface area contributed by atoms with Crippen molar-refractivity contribution < 1.29 is 4.79 Å². The zero-order valence-corrected chi connectivity index (χ0v) is 13.0. The average Bonchev–Trinajstić information content (AvgIpc) is 2.45. The second-order valence-electron chi connectivity index (χ2n) is 4.69. The highest BCUT2D eigenvalue weighted by Crippen LogP contribution is 2.17. The van der Waals surface area contributed by atoms with Crippen LogP contribution in [-0.4, -0.2) is 22.6 Å². The number of nitrogens with one attached hydrogen (secondary N) is 1. The lowest BCUT2D eigenvalue weighted by atomic mass is 10.0. The van der Waals surface area contributed by atoms with Gasteiger partial charge in [0.1, 0.15) is 0 Å². The van der Waals surface area contributed by atoms with Crippen LogP contribution >= 0.6 is 15.9 Å². The van der Waals surface area contributed by atoms with Crippen molar-refractivity contribution in [1.29, 1.82) is 0 Å². The lowest BCUT2D eigenvalue weighted by Crippen LogP contribution is -2.28. The Bertz CT molecular complexity index is 598. The third-order valence-electron chi connectivity index (χ3n) is 3.16. The van der Waals surface area contributed by atoms with Crippen LogP contribution in [0.1, 0.15) is 34.5 Å². The molecule has 1 aromatic carbocycles. The van der Waals surface area contributed by atoms with Crippen LogP contribution in [0.3, 0.4) is 0 Å². The SMILES string of the molecule is Cc1nnccc1C(=O)NCC(C)c1ccc(Br)cc1. The molecule has 0 aliphatic heterocycles. The second-order valence-corrected chi connectivity index (χ2v) is 5.61. The molecule has 0 spiro atoms. The van der Waals surface area contributed by atoms with E-state index in [1.807, 2.05) is 12.1 Å². The average molecular weight is 334 g/mol. The number of aromatic nitrogens is 2. The topological polar surface area (TPSA) is 54.9 Å². The predicted octanol–water partition coefficient (Wildman–Crippen LogP) is 3.08. The van der Waals surface area contributed by atoms with Crippen molar-refractivity contribution in [1.82, 2.24) is 15.5 Å². The van der Waals surface area contributed by atoms with E-state index in [-0.39, 0.29) is 11.8 Å². The molecule has 1 amide bonds. The fourth-order valence-corrected chi connectivity index (χ4v) is 2.16. The highest BCUT2D eigenvalue weighted by molar-refractivity contribution is 9.10. The van der Waals surface area contributed by atoms with Gasteiger partial charge in [0.2, 0.25) is 0 Å². The summed E-state index contributed by atoms with van der Waals surface area (Å²) in [5.41, 5.74) is 2.40. The van der Waals surface area contributed by atoms with Crippen LogP contribution in [0.2, 0.25) is 0 Å². The molecule has 104 valence electrons. The first-order valence-electron chi connectivity index (χ1n) is 6.40.